The molecule has 88 valence electrons. The lowest BCUT2D eigenvalue weighted by molar-refractivity contribution is -0.138. The Labute approximate surface area is 91.3 Å². The fourth-order valence-corrected chi connectivity index (χ4v) is 1.31. The number of aliphatic carboxylic acids is 1. The first-order valence-corrected chi connectivity index (χ1v) is 4.67. The van der Waals surface area contributed by atoms with E-state index in [0.717, 1.165) is 18.2 Å². The van der Waals surface area contributed by atoms with Crippen molar-refractivity contribution in [3.8, 4) is 5.75 Å². The molecule has 0 fully saturated rings. The number of phenolic OH excluding ortho intramolecular Hbond substituents is 1. The van der Waals surface area contributed by atoms with Crippen LogP contribution in [0.2, 0.25) is 0 Å². The van der Waals surface area contributed by atoms with Gasteiger partial charge in [0.05, 0.1) is 5.92 Å². The summed E-state index contributed by atoms with van der Waals surface area (Å²) in [7, 11) is 0. The fourth-order valence-electron chi connectivity index (χ4n) is 1.31. The second kappa shape index (κ2) is 4.08. The number of hydrogen-bond donors (Lipinski definition) is 2. The first kappa shape index (κ1) is 12.4. The van der Waals surface area contributed by atoms with Crippen LogP contribution in [0, 0.1) is 0 Å². The number of benzene rings is 1. The molecule has 0 saturated heterocycles. The highest BCUT2D eigenvalue weighted by atomic mass is 19.3. The molecule has 0 heterocycles. The van der Waals surface area contributed by atoms with E-state index in [1.54, 1.807) is 0 Å². The summed E-state index contributed by atoms with van der Waals surface area (Å²) in [6.07, 6.45) is 0. The number of phenols is 1. The molecule has 1 rings (SSSR count). The molecular weight excluding hydrogens is 218 g/mol. The number of rotatable bonds is 3. The highest BCUT2D eigenvalue weighted by Crippen LogP contribution is 2.33. The van der Waals surface area contributed by atoms with Crippen molar-refractivity contribution in [3.63, 3.8) is 0 Å². The average Bonchev–Trinajstić information content (AvgIpc) is 2.15. The van der Waals surface area contributed by atoms with Gasteiger partial charge in [-0.1, -0.05) is 0 Å². The van der Waals surface area contributed by atoms with Crippen LogP contribution in [-0.2, 0) is 10.7 Å². The molecule has 16 heavy (non-hydrogen) atoms. The summed E-state index contributed by atoms with van der Waals surface area (Å²) >= 11 is 0. The minimum Gasteiger partial charge on any atom is -0.508 e. The molecule has 0 aliphatic heterocycles. The number of aromatic hydroxyl groups is 1. The van der Waals surface area contributed by atoms with Crippen LogP contribution in [0.1, 0.15) is 30.9 Å². The molecule has 1 aromatic rings. The van der Waals surface area contributed by atoms with E-state index in [0.29, 0.717) is 6.92 Å². The van der Waals surface area contributed by atoms with Gasteiger partial charge in [-0.05, 0) is 25.1 Å². The number of hydrogen-bond acceptors (Lipinski definition) is 2. The lowest BCUT2D eigenvalue weighted by atomic mass is 9.96. The molecular formula is C11H12F2O3. The SMILES string of the molecule is CC(C(=O)O)c1cc(C(C)(F)F)ccc1O. The molecule has 2 N–H and O–H groups in total. The predicted octanol–water partition coefficient (Wildman–Crippen LogP) is 2.69. The molecule has 0 bridgehead atoms. The van der Waals surface area contributed by atoms with E-state index >= 15 is 0 Å². The van der Waals surface area contributed by atoms with Crippen molar-refractivity contribution in [2.75, 3.05) is 0 Å². The molecule has 1 atom stereocenters. The van der Waals surface area contributed by atoms with E-state index in [4.69, 9.17) is 5.11 Å². The van der Waals surface area contributed by atoms with Crippen LogP contribution >= 0.6 is 0 Å². The first-order valence-electron chi connectivity index (χ1n) is 4.67. The molecule has 5 heteroatoms. The Morgan fingerprint density at radius 1 is 1.44 bits per heavy atom. The third-order valence-corrected chi connectivity index (χ3v) is 2.37. The normalized spacial score (nSPS) is 13.5. The first-order chi connectivity index (χ1) is 7.23. The van der Waals surface area contributed by atoms with Gasteiger partial charge in [-0.3, -0.25) is 4.79 Å². The fraction of sp³-hybridized carbons (Fsp3) is 0.364. The van der Waals surface area contributed by atoms with Crippen molar-refractivity contribution in [1.29, 1.82) is 0 Å². The van der Waals surface area contributed by atoms with Crippen LogP contribution in [0.3, 0.4) is 0 Å². The Morgan fingerprint density at radius 3 is 2.44 bits per heavy atom. The predicted molar refractivity (Wildman–Crippen MR) is 53.7 cm³/mol. The highest BCUT2D eigenvalue weighted by Gasteiger charge is 2.27. The summed E-state index contributed by atoms with van der Waals surface area (Å²) in [6, 6.07) is 3.18. The third-order valence-electron chi connectivity index (χ3n) is 2.37. The summed E-state index contributed by atoms with van der Waals surface area (Å²) < 4.78 is 26.0. The van der Waals surface area contributed by atoms with E-state index in [2.05, 4.69) is 0 Å². The number of halogens is 2. The van der Waals surface area contributed by atoms with E-state index in [9.17, 15) is 18.7 Å². The van der Waals surface area contributed by atoms with Gasteiger partial charge in [0.1, 0.15) is 5.75 Å². The zero-order valence-electron chi connectivity index (χ0n) is 8.87. The van der Waals surface area contributed by atoms with Gasteiger partial charge >= 0.3 is 5.97 Å². The lowest BCUT2D eigenvalue weighted by Gasteiger charge is -2.15. The monoisotopic (exact) mass is 230 g/mol. The number of carbonyl (C=O) groups is 1. The van der Waals surface area contributed by atoms with Crippen molar-refractivity contribution in [2.24, 2.45) is 0 Å². The van der Waals surface area contributed by atoms with E-state index < -0.39 is 17.8 Å². The zero-order valence-corrected chi connectivity index (χ0v) is 8.87. The van der Waals surface area contributed by atoms with Crippen molar-refractivity contribution >= 4 is 5.97 Å². The van der Waals surface area contributed by atoms with Gasteiger partial charge in [-0.25, -0.2) is 8.78 Å². The lowest BCUT2D eigenvalue weighted by Crippen LogP contribution is -2.11. The van der Waals surface area contributed by atoms with Gasteiger partial charge in [-0.2, -0.15) is 0 Å². The summed E-state index contributed by atoms with van der Waals surface area (Å²) in [6.45, 7) is 2.05. The topological polar surface area (TPSA) is 57.5 Å². The molecule has 0 aliphatic rings. The van der Waals surface area contributed by atoms with Crippen LogP contribution in [0.4, 0.5) is 8.78 Å². The molecule has 1 unspecified atom stereocenters. The standard InChI is InChI=1S/C11H12F2O3/c1-6(10(15)16)8-5-7(11(2,12)13)3-4-9(8)14/h3-6,14H,1-2H3,(H,15,16). The minimum atomic E-state index is -3.05. The molecule has 0 amide bonds. The number of carboxylic acids is 1. The van der Waals surface area contributed by atoms with E-state index in [1.165, 1.54) is 6.92 Å². The molecule has 0 saturated carbocycles. The summed E-state index contributed by atoms with van der Waals surface area (Å²) in [5.41, 5.74) is -0.320. The Bertz CT molecular complexity index is 410. The Hall–Kier alpha value is -1.65. The maximum Gasteiger partial charge on any atom is 0.310 e. The maximum atomic E-state index is 13.0. The van der Waals surface area contributed by atoms with Gasteiger partial charge in [0.25, 0.3) is 5.92 Å². The van der Waals surface area contributed by atoms with Crippen molar-refractivity contribution in [3.05, 3.63) is 29.3 Å². The van der Waals surface area contributed by atoms with Gasteiger partial charge in [0.15, 0.2) is 0 Å². The number of carboxylic acid groups (broad SMARTS) is 1. The Balaban J connectivity index is 3.24. The molecule has 0 spiro atoms. The third kappa shape index (κ3) is 2.48. The minimum absolute atomic E-state index is 0.00785. The van der Waals surface area contributed by atoms with Crippen LogP contribution < -0.4 is 0 Å². The molecule has 0 aliphatic carbocycles. The van der Waals surface area contributed by atoms with E-state index in [1.807, 2.05) is 0 Å². The summed E-state index contributed by atoms with van der Waals surface area (Å²) in [4.78, 5) is 10.7. The van der Waals surface area contributed by atoms with Crippen LogP contribution in [-0.4, -0.2) is 16.2 Å². The van der Waals surface area contributed by atoms with Gasteiger partial charge in [-0.15, -0.1) is 0 Å². The van der Waals surface area contributed by atoms with Crippen LogP contribution in [0.5, 0.6) is 5.75 Å². The molecule has 0 radical (unpaired) electrons. The average molecular weight is 230 g/mol. The van der Waals surface area contributed by atoms with Crippen molar-refractivity contribution in [2.45, 2.75) is 25.7 Å². The zero-order chi connectivity index (χ0) is 12.5. The smallest absolute Gasteiger partial charge is 0.310 e. The van der Waals surface area contributed by atoms with Crippen LogP contribution in [0.25, 0.3) is 0 Å². The van der Waals surface area contributed by atoms with Crippen LogP contribution in [0.15, 0.2) is 18.2 Å². The van der Waals surface area contributed by atoms with Crippen molar-refractivity contribution in [1.82, 2.24) is 0 Å². The van der Waals surface area contributed by atoms with Gasteiger partial charge in [0.2, 0.25) is 0 Å². The maximum absolute atomic E-state index is 13.0. The molecule has 3 nitrogen and oxygen atoms in total. The number of alkyl halides is 2. The molecule has 1 aromatic carbocycles. The van der Waals surface area contributed by atoms with Gasteiger partial charge < -0.3 is 10.2 Å². The summed E-state index contributed by atoms with van der Waals surface area (Å²) in [5.74, 6) is -5.54. The Morgan fingerprint density at radius 2 is 2.00 bits per heavy atom. The molecule has 0 aromatic heterocycles. The van der Waals surface area contributed by atoms with Gasteiger partial charge in [0, 0.05) is 18.1 Å². The highest BCUT2D eigenvalue weighted by molar-refractivity contribution is 5.76. The van der Waals surface area contributed by atoms with E-state index in [-0.39, 0.29) is 16.9 Å². The summed E-state index contributed by atoms with van der Waals surface area (Å²) in [5, 5.41) is 18.2. The Kier molecular flexibility index (Phi) is 3.16. The second-order valence-corrected chi connectivity index (χ2v) is 3.72. The second-order valence-electron chi connectivity index (χ2n) is 3.72. The largest absolute Gasteiger partial charge is 0.508 e. The van der Waals surface area contributed by atoms with Crippen molar-refractivity contribution < 1.29 is 23.8 Å². The quantitative estimate of drug-likeness (QED) is 0.839.